The molecule has 0 aliphatic rings. The van der Waals surface area contributed by atoms with Crippen LogP contribution in [0.15, 0.2) is 23.1 Å². The quantitative estimate of drug-likeness (QED) is 0.736. The minimum atomic E-state index is -3.52. The van der Waals surface area contributed by atoms with Gasteiger partial charge in [0.25, 0.3) is 0 Å². The molecule has 21 heavy (non-hydrogen) atoms. The number of aryl methyl sites for hydroxylation is 1. The van der Waals surface area contributed by atoms with Crippen LogP contribution in [-0.4, -0.2) is 45.0 Å². The zero-order valence-electron chi connectivity index (χ0n) is 12.9. The Morgan fingerprint density at radius 1 is 1.43 bits per heavy atom. The van der Waals surface area contributed by atoms with Gasteiger partial charge in [-0.2, -0.15) is 0 Å². The van der Waals surface area contributed by atoms with Crippen molar-refractivity contribution in [2.45, 2.75) is 31.2 Å². The van der Waals surface area contributed by atoms with Crippen molar-refractivity contribution < 1.29 is 8.42 Å². The summed E-state index contributed by atoms with van der Waals surface area (Å²) < 4.78 is 27.3. The summed E-state index contributed by atoms with van der Waals surface area (Å²) in [6.45, 7) is 4.48. The minimum absolute atomic E-state index is 0.132. The third-order valence-electron chi connectivity index (χ3n) is 3.14. The first-order chi connectivity index (χ1) is 9.63. The summed E-state index contributed by atoms with van der Waals surface area (Å²) in [5, 5.41) is 0. The van der Waals surface area contributed by atoms with Crippen molar-refractivity contribution in [1.82, 2.24) is 9.62 Å². The number of hydrogen-bond donors (Lipinski definition) is 2. The van der Waals surface area contributed by atoms with Crippen LogP contribution in [-0.2, 0) is 10.0 Å². The van der Waals surface area contributed by atoms with Gasteiger partial charge in [-0.3, -0.25) is 0 Å². The van der Waals surface area contributed by atoms with Crippen molar-refractivity contribution in [3.05, 3.63) is 29.3 Å². The molecule has 0 fully saturated rings. The Morgan fingerprint density at radius 3 is 2.52 bits per heavy atom. The summed E-state index contributed by atoms with van der Waals surface area (Å²) >= 11 is 4.92. The molecule has 0 aliphatic carbocycles. The normalized spacial score (nSPS) is 13.4. The predicted molar refractivity (Wildman–Crippen MR) is 90.0 cm³/mol. The zero-order valence-corrected chi connectivity index (χ0v) is 14.5. The lowest BCUT2D eigenvalue weighted by atomic mass is 10.1. The lowest BCUT2D eigenvalue weighted by Gasteiger charge is -2.17. The third kappa shape index (κ3) is 5.35. The van der Waals surface area contributed by atoms with E-state index in [1.54, 1.807) is 19.1 Å². The number of thiocarbonyl (C=S) groups is 1. The Balaban J connectivity index is 2.88. The van der Waals surface area contributed by atoms with Crippen molar-refractivity contribution >= 4 is 27.2 Å². The average molecular weight is 329 g/mol. The second-order valence-corrected chi connectivity index (χ2v) is 7.61. The molecule has 0 bridgehead atoms. The molecule has 0 aliphatic heterocycles. The highest BCUT2D eigenvalue weighted by Crippen LogP contribution is 2.16. The molecule has 0 amide bonds. The summed E-state index contributed by atoms with van der Waals surface area (Å²) in [6.07, 6.45) is 0.746. The molecule has 0 radical (unpaired) electrons. The fraction of sp³-hybridized carbons (Fsp3) is 0.500. The van der Waals surface area contributed by atoms with Crippen molar-refractivity contribution in [1.29, 1.82) is 0 Å². The second kappa shape index (κ2) is 7.31. The van der Waals surface area contributed by atoms with E-state index in [0.29, 0.717) is 5.56 Å². The summed E-state index contributed by atoms with van der Waals surface area (Å²) in [4.78, 5) is 2.52. The molecule has 0 heterocycles. The number of nitrogens with zero attached hydrogens (tertiary/aromatic N) is 1. The summed E-state index contributed by atoms with van der Waals surface area (Å²) in [5.74, 6) is 0. The van der Waals surface area contributed by atoms with Gasteiger partial charge in [0.1, 0.15) is 4.99 Å². The molecule has 7 heteroatoms. The first-order valence-corrected chi connectivity index (χ1v) is 8.60. The SMILES string of the molecule is Cc1cc(S(=O)(=O)NC(C)CCN(C)C)ccc1C(N)=S. The Labute approximate surface area is 132 Å². The Morgan fingerprint density at radius 2 is 2.05 bits per heavy atom. The molecule has 1 rings (SSSR count). The number of benzene rings is 1. The van der Waals surface area contributed by atoms with Gasteiger partial charge in [0.2, 0.25) is 10.0 Å². The maximum Gasteiger partial charge on any atom is 0.240 e. The van der Waals surface area contributed by atoms with Crippen LogP contribution in [0.25, 0.3) is 0 Å². The Bertz CT molecular complexity index is 613. The molecule has 0 spiro atoms. The van der Waals surface area contributed by atoms with E-state index in [2.05, 4.69) is 4.72 Å². The fourth-order valence-corrected chi connectivity index (χ4v) is 3.52. The van der Waals surface area contributed by atoms with E-state index >= 15 is 0 Å². The van der Waals surface area contributed by atoms with E-state index in [4.69, 9.17) is 18.0 Å². The van der Waals surface area contributed by atoms with Crippen LogP contribution in [0.2, 0.25) is 0 Å². The highest BCUT2D eigenvalue weighted by molar-refractivity contribution is 7.89. The van der Waals surface area contributed by atoms with Crippen molar-refractivity contribution in [3.8, 4) is 0 Å². The Kier molecular flexibility index (Phi) is 6.27. The van der Waals surface area contributed by atoms with Gasteiger partial charge in [0.05, 0.1) is 4.90 Å². The van der Waals surface area contributed by atoms with Crippen LogP contribution < -0.4 is 10.5 Å². The number of nitrogens with one attached hydrogen (secondary N) is 1. The van der Waals surface area contributed by atoms with E-state index in [-0.39, 0.29) is 15.9 Å². The zero-order chi connectivity index (χ0) is 16.2. The molecule has 1 aromatic rings. The second-order valence-electron chi connectivity index (χ2n) is 5.46. The maximum atomic E-state index is 12.3. The highest BCUT2D eigenvalue weighted by atomic mass is 32.2. The number of nitrogens with two attached hydrogens (primary N) is 1. The fourth-order valence-electron chi connectivity index (χ4n) is 1.92. The van der Waals surface area contributed by atoms with Crippen molar-refractivity contribution in [2.24, 2.45) is 5.73 Å². The standard InChI is InChI=1S/C14H23N3O2S2/c1-10-9-12(5-6-13(10)14(15)20)21(18,19)16-11(2)7-8-17(3)4/h5-6,9,11,16H,7-8H2,1-4H3,(H2,15,20). The summed E-state index contributed by atoms with van der Waals surface area (Å²) in [7, 11) is 0.390. The maximum absolute atomic E-state index is 12.3. The minimum Gasteiger partial charge on any atom is -0.389 e. The van der Waals surface area contributed by atoms with Gasteiger partial charge in [-0.1, -0.05) is 18.3 Å². The molecule has 1 aromatic carbocycles. The van der Waals surface area contributed by atoms with E-state index in [0.717, 1.165) is 18.5 Å². The van der Waals surface area contributed by atoms with Crippen molar-refractivity contribution in [2.75, 3.05) is 20.6 Å². The van der Waals surface area contributed by atoms with Crippen LogP contribution in [0.5, 0.6) is 0 Å². The van der Waals surface area contributed by atoms with E-state index in [1.165, 1.54) is 6.07 Å². The molecule has 5 nitrogen and oxygen atoms in total. The lowest BCUT2D eigenvalue weighted by Crippen LogP contribution is -2.34. The van der Waals surface area contributed by atoms with Crippen LogP contribution in [0.3, 0.4) is 0 Å². The molecule has 0 aromatic heterocycles. The van der Waals surface area contributed by atoms with Gasteiger partial charge < -0.3 is 10.6 Å². The molecular formula is C14H23N3O2S2. The van der Waals surface area contributed by atoms with E-state index < -0.39 is 10.0 Å². The smallest absolute Gasteiger partial charge is 0.240 e. The van der Waals surface area contributed by atoms with Gasteiger partial charge in [-0.25, -0.2) is 13.1 Å². The topological polar surface area (TPSA) is 75.4 Å². The number of rotatable bonds is 7. The first-order valence-electron chi connectivity index (χ1n) is 6.71. The van der Waals surface area contributed by atoms with Gasteiger partial charge in [0, 0.05) is 11.6 Å². The van der Waals surface area contributed by atoms with Gasteiger partial charge >= 0.3 is 0 Å². The Hall–Kier alpha value is -1.02. The number of hydrogen-bond acceptors (Lipinski definition) is 4. The third-order valence-corrected chi connectivity index (χ3v) is 4.95. The monoisotopic (exact) mass is 329 g/mol. The van der Waals surface area contributed by atoms with Crippen molar-refractivity contribution in [3.63, 3.8) is 0 Å². The van der Waals surface area contributed by atoms with Crippen LogP contribution in [0, 0.1) is 6.92 Å². The summed E-state index contributed by atoms with van der Waals surface area (Å²) in [6, 6.07) is 4.64. The van der Waals surface area contributed by atoms with Crippen LogP contribution in [0.4, 0.5) is 0 Å². The van der Waals surface area contributed by atoms with Gasteiger partial charge in [0.15, 0.2) is 0 Å². The molecule has 3 N–H and O–H groups in total. The lowest BCUT2D eigenvalue weighted by molar-refractivity contribution is 0.379. The predicted octanol–water partition coefficient (Wildman–Crippen LogP) is 1.25. The van der Waals surface area contributed by atoms with Gasteiger partial charge in [-0.05, 0) is 58.6 Å². The molecule has 1 unspecified atom stereocenters. The van der Waals surface area contributed by atoms with Gasteiger partial charge in [-0.15, -0.1) is 0 Å². The molecule has 0 saturated heterocycles. The highest BCUT2D eigenvalue weighted by Gasteiger charge is 2.18. The van der Waals surface area contributed by atoms with Crippen LogP contribution in [0.1, 0.15) is 24.5 Å². The largest absolute Gasteiger partial charge is 0.389 e. The number of sulfonamides is 1. The molecular weight excluding hydrogens is 306 g/mol. The van der Waals surface area contributed by atoms with E-state index in [1.807, 2.05) is 25.9 Å². The van der Waals surface area contributed by atoms with E-state index in [9.17, 15) is 8.42 Å². The molecule has 0 saturated carbocycles. The molecule has 1 atom stereocenters. The molecule has 118 valence electrons. The first kappa shape index (κ1) is 18.0. The average Bonchev–Trinajstić information content (AvgIpc) is 2.35. The summed E-state index contributed by atoms with van der Waals surface area (Å²) in [5.41, 5.74) is 7.04. The van der Waals surface area contributed by atoms with Crippen LogP contribution >= 0.6 is 12.2 Å².